The lowest BCUT2D eigenvalue weighted by molar-refractivity contribution is 0.477. The summed E-state index contributed by atoms with van der Waals surface area (Å²) in [7, 11) is 0. The van der Waals surface area contributed by atoms with Crippen molar-refractivity contribution in [3.63, 3.8) is 0 Å². The molecule has 6 nitrogen and oxygen atoms in total. The molecule has 0 atom stereocenters. The Labute approximate surface area is 285 Å². The number of rotatable bonds is 9. The highest BCUT2D eigenvalue weighted by Crippen LogP contribution is 2.39. The first-order chi connectivity index (χ1) is 23.0. The van der Waals surface area contributed by atoms with Gasteiger partial charge in [-0.1, -0.05) is 128 Å². The van der Waals surface area contributed by atoms with E-state index in [0.29, 0.717) is 29.2 Å². The van der Waals surface area contributed by atoms with Crippen molar-refractivity contribution >= 4 is 5.70 Å². The van der Waals surface area contributed by atoms with Gasteiger partial charge in [0.2, 0.25) is 0 Å². The lowest BCUT2D eigenvalue weighted by Crippen LogP contribution is -2.07. The first-order valence-electron chi connectivity index (χ1n) is 17.2. The quantitative estimate of drug-likeness (QED) is 0.175. The van der Waals surface area contributed by atoms with Gasteiger partial charge >= 0.3 is 0 Å². The second-order valence-electron chi connectivity index (χ2n) is 14.0. The molecule has 2 aromatic heterocycles. The Balaban J connectivity index is 1.53. The maximum atomic E-state index is 11.1. The first kappa shape index (κ1) is 33.0. The molecule has 2 heterocycles. The fourth-order valence-corrected chi connectivity index (χ4v) is 6.65. The van der Waals surface area contributed by atoms with Crippen LogP contribution in [0.2, 0.25) is 0 Å². The lowest BCUT2D eigenvalue weighted by Gasteiger charge is -2.21. The van der Waals surface area contributed by atoms with Crippen LogP contribution in [0.5, 0.6) is 5.75 Å². The van der Waals surface area contributed by atoms with Crippen LogP contribution in [0.4, 0.5) is 0 Å². The molecule has 0 radical (unpaired) electrons. The summed E-state index contributed by atoms with van der Waals surface area (Å²) in [6, 6.07) is 22.4. The summed E-state index contributed by atoms with van der Waals surface area (Å²) in [6.45, 7) is 17.9. The largest absolute Gasteiger partial charge is 0.507 e. The number of hydrogen-bond donors (Lipinski definition) is 1. The number of nitrogens with zero attached hydrogens (tertiary/aromatic N) is 5. The Morgan fingerprint density at radius 1 is 0.708 bits per heavy atom. The van der Waals surface area contributed by atoms with E-state index in [9.17, 15) is 5.11 Å². The number of phenolic OH excluding ortho intramolecular Hbond substituents is 1. The zero-order valence-electron chi connectivity index (χ0n) is 29.4. The van der Waals surface area contributed by atoms with E-state index in [0.717, 1.165) is 40.6 Å². The molecule has 0 fully saturated rings. The molecule has 0 saturated carbocycles. The van der Waals surface area contributed by atoms with Gasteiger partial charge in [0.15, 0.2) is 5.82 Å². The number of allylic oxidation sites excluding steroid dienone is 6. The van der Waals surface area contributed by atoms with E-state index in [1.165, 1.54) is 28.0 Å². The van der Waals surface area contributed by atoms with Crippen LogP contribution in [-0.4, -0.2) is 29.4 Å². The standard InChI is InChI=1S/C42H47N5O/c1-26(2)30-14-12-18-33(27(3)4)38(23-30)46-24-37(44-42(46)36-17-9-10-21-39(36)48)31-15-11-16-32(22-31)41-45-43-25-47(41)40-34(28(5)6)19-13-20-35(40)29(7)8/h9-22,24-29,48H,23H2,1-8H3. The zero-order chi connectivity index (χ0) is 34.1. The predicted octanol–water partition coefficient (Wildman–Crippen LogP) is 10.8. The summed E-state index contributed by atoms with van der Waals surface area (Å²) in [5.41, 5.74) is 10.9. The van der Waals surface area contributed by atoms with Crippen molar-refractivity contribution in [3.8, 4) is 45.5 Å². The van der Waals surface area contributed by atoms with Crippen LogP contribution in [-0.2, 0) is 0 Å². The lowest BCUT2D eigenvalue weighted by atomic mass is 9.92. The van der Waals surface area contributed by atoms with E-state index >= 15 is 0 Å². The summed E-state index contributed by atoms with van der Waals surface area (Å²) in [5.74, 6) is 3.10. The number of para-hydroxylation sites is 2. The fourth-order valence-electron chi connectivity index (χ4n) is 6.65. The Hall–Kier alpha value is -4.97. The minimum absolute atomic E-state index is 0.206. The van der Waals surface area contributed by atoms with Gasteiger partial charge in [0.1, 0.15) is 17.9 Å². The number of benzene rings is 3. The maximum Gasteiger partial charge on any atom is 0.168 e. The average Bonchev–Trinajstić information content (AvgIpc) is 3.67. The summed E-state index contributed by atoms with van der Waals surface area (Å²) in [4.78, 5) is 5.24. The van der Waals surface area contributed by atoms with E-state index in [1.54, 1.807) is 6.07 Å². The summed E-state index contributed by atoms with van der Waals surface area (Å²) < 4.78 is 4.35. The van der Waals surface area contributed by atoms with Gasteiger partial charge in [0, 0.05) is 29.4 Å². The van der Waals surface area contributed by atoms with Crippen molar-refractivity contribution in [2.75, 3.05) is 0 Å². The molecule has 5 aromatic rings. The maximum absolute atomic E-state index is 11.1. The topological polar surface area (TPSA) is 68.8 Å². The van der Waals surface area contributed by atoms with Gasteiger partial charge in [0.25, 0.3) is 0 Å². The van der Waals surface area contributed by atoms with Gasteiger partial charge in [-0.15, -0.1) is 10.2 Å². The molecule has 0 spiro atoms. The fraction of sp³-hybridized carbons (Fsp3) is 0.310. The first-order valence-corrected chi connectivity index (χ1v) is 17.2. The van der Waals surface area contributed by atoms with E-state index in [2.05, 4.69) is 142 Å². The minimum Gasteiger partial charge on any atom is -0.507 e. The van der Waals surface area contributed by atoms with Crippen molar-refractivity contribution in [2.24, 2.45) is 11.8 Å². The minimum atomic E-state index is 0.206. The molecule has 0 unspecified atom stereocenters. The highest BCUT2D eigenvalue weighted by Gasteiger charge is 2.24. The molecule has 6 heteroatoms. The van der Waals surface area contributed by atoms with Crippen LogP contribution in [0.25, 0.3) is 45.4 Å². The summed E-state index contributed by atoms with van der Waals surface area (Å²) >= 11 is 0. The van der Waals surface area contributed by atoms with Gasteiger partial charge in [0.05, 0.1) is 16.9 Å². The van der Waals surface area contributed by atoms with Crippen LogP contribution >= 0.6 is 0 Å². The van der Waals surface area contributed by atoms with Gasteiger partial charge in [-0.25, -0.2) is 4.98 Å². The molecule has 246 valence electrons. The van der Waals surface area contributed by atoms with Crippen LogP contribution in [0, 0.1) is 11.8 Å². The molecular formula is C42H47N5O. The molecule has 0 saturated heterocycles. The van der Waals surface area contributed by atoms with Crippen molar-refractivity contribution in [1.82, 2.24) is 24.3 Å². The summed E-state index contributed by atoms with van der Waals surface area (Å²) in [6.07, 6.45) is 11.4. The molecular weight excluding hydrogens is 590 g/mol. The third-order valence-electron chi connectivity index (χ3n) is 9.34. The van der Waals surface area contributed by atoms with Crippen molar-refractivity contribution < 1.29 is 5.11 Å². The van der Waals surface area contributed by atoms with Gasteiger partial charge in [-0.05, 0) is 58.6 Å². The molecule has 0 aliphatic heterocycles. The van der Waals surface area contributed by atoms with Crippen LogP contribution < -0.4 is 0 Å². The Bertz CT molecular complexity index is 2010. The smallest absolute Gasteiger partial charge is 0.168 e. The molecule has 0 bridgehead atoms. The van der Waals surface area contributed by atoms with E-state index in [1.807, 2.05) is 24.5 Å². The van der Waals surface area contributed by atoms with E-state index in [4.69, 9.17) is 4.98 Å². The molecule has 1 aliphatic rings. The monoisotopic (exact) mass is 637 g/mol. The van der Waals surface area contributed by atoms with E-state index in [-0.39, 0.29) is 5.75 Å². The zero-order valence-corrected chi connectivity index (χ0v) is 29.4. The van der Waals surface area contributed by atoms with E-state index < -0.39 is 0 Å². The molecule has 6 rings (SSSR count). The SMILES string of the molecule is CC(C)C1=CC=CC(C(C)C)=C(n2cc(-c3cccc(-c4nncn4-c4c(C(C)C)cccc4C(C)C)c3)nc2-c2ccccc2O)C1. The average molecular weight is 638 g/mol. The molecule has 0 amide bonds. The Morgan fingerprint density at radius 3 is 2.06 bits per heavy atom. The van der Waals surface area contributed by atoms with Crippen LogP contribution in [0.3, 0.4) is 0 Å². The van der Waals surface area contributed by atoms with Crippen LogP contribution in [0.1, 0.15) is 84.8 Å². The Morgan fingerprint density at radius 2 is 1.40 bits per heavy atom. The third-order valence-corrected chi connectivity index (χ3v) is 9.34. The number of phenols is 1. The molecule has 48 heavy (non-hydrogen) atoms. The predicted molar refractivity (Wildman–Crippen MR) is 198 cm³/mol. The van der Waals surface area contributed by atoms with Crippen molar-refractivity contribution in [3.05, 3.63) is 120 Å². The molecule has 1 aliphatic carbocycles. The van der Waals surface area contributed by atoms with Crippen LogP contribution in [0.15, 0.2) is 109 Å². The number of aromatic nitrogens is 5. The highest BCUT2D eigenvalue weighted by atomic mass is 16.3. The second-order valence-corrected chi connectivity index (χ2v) is 14.0. The number of aromatic hydroxyl groups is 1. The second kappa shape index (κ2) is 13.6. The van der Waals surface area contributed by atoms with Crippen molar-refractivity contribution in [1.29, 1.82) is 0 Å². The number of imidazole rings is 1. The normalized spacial score (nSPS) is 13.7. The molecule has 3 aromatic carbocycles. The van der Waals surface area contributed by atoms with Gasteiger partial charge in [-0.2, -0.15) is 0 Å². The summed E-state index contributed by atoms with van der Waals surface area (Å²) in [5, 5.41) is 20.1. The van der Waals surface area contributed by atoms with Gasteiger partial charge < -0.3 is 9.67 Å². The van der Waals surface area contributed by atoms with Gasteiger partial charge in [-0.3, -0.25) is 4.57 Å². The third kappa shape index (κ3) is 6.32. The number of hydrogen-bond acceptors (Lipinski definition) is 4. The van der Waals surface area contributed by atoms with Crippen molar-refractivity contribution in [2.45, 2.75) is 73.6 Å². The Kier molecular flexibility index (Phi) is 9.36. The highest BCUT2D eigenvalue weighted by molar-refractivity contribution is 5.77. The molecule has 1 N–H and O–H groups in total.